The second-order valence-corrected chi connectivity index (χ2v) is 6.51. The monoisotopic (exact) mass is 394 g/mol. The van der Waals surface area contributed by atoms with Gasteiger partial charge in [-0.3, -0.25) is 0 Å². The molecule has 3 aromatic rings. The molecule has 2 aromatic carbocycles. The first-order valence-corrected chi connectivity index (χ1v) is 8.11. The standard InChI is InChI=1S/C18H19BrN2O.ClH/c1-11-15(16-9-13(19)5-8-18(16)21-11)10-17(20)12-3-6-14(22-2)7-4-12;/h3-9,17,21H,10,20H2,1-2H3;1H. The predicted octanol–water partition coefficient (Wildman–Crippen LogP) is 0.777. The molecule has 0 amide bonds. The van der Waals surface area contributed by atoms with Crippen LogP contribution in [0.25, 0.3) is 10.9 Å². The average molecular weight is 396 g/mol. The van der Waals surface area contributed by atoms with Crippen molar-refractivity contribution in [3.8, 4) is 5.75 Å². The van der Waals surface area contributed by atoms with E-state index < -0.39 is 0 Å². The van der Waals surface area contributed by atoms with Crippen molar-refractivity contribution in [3.05, 3.63) is 63.8 Å². The summed E-state index contributed by atoms with van der Waals surface area (Å²) in [6.45, 7) is 2.13. The number of nitrogens with one attached hydrogen (secondary N) is 1. The number of aromatic amines is 1. The first kappa shape index (κ1) is 17.9. The molecule has 3 rings (SSSR count). The number of halogens is 2. The number of ether oxygens (including phenoxy) is 1. The minimum absolute atomic E-state index is 0. The van der Waals surface area contributed by atoms with Crippen molar-refractivity contribution in [1.29, 1.82) is 0 Å². The zero-order valence-electron chi connectivity index (χ0n) is 13.2. The van der Waals surface area contributed by atoms with Gasteiger partial charge in [-0.15, -0.1) is 0 Å². The summed E-state index contributed by atoms with van der Waals surface area (Å²) >= 11 is 3.56. The molecule has 1 unspecified atom stereocenters. The number of quaternary nitrogens is 1. The fourth-order valence-corrected chi connectivity index (χ4v) is 3.22. The number of H-pyrrole nitrogens is 1. The van der Waals surface area contributed by atoms with Gasteiger partial charge in [-0.05, 0) is 55.0 Å². The number of aromatic nitrogens is 1. The van der Waals surface area contributed by atoms with Crippen LogP contribution in [0, 0.1) is 6.92 Å². The van der Waals surface area contributed by atoms with Crippen LogP contribution in [0.3, 0.4) is 0 Å². The molecule has 0 aliphatic rings. The lowest BCUT2D eigenvalue weighted by Crippen LogP contribution is -3.00. The Balaban J connectivity index is 0.00000192. The smallest absolute Gasteiger partial charge is 0.118 e. The normalized spacial score (nSPS) is 12.0. The highest BCUT2D eigenvalue weighted by Gasteiger charge is 2.16. The molecule has 0 saturated carbocycles. The van der Waals surface area contributed by atoms with Gasteiger partial charge in [0.15, 0.2) is 0 Å². The van der Waals surface area contributed by atoms with Crippen LogP contribution in [-0.4, -0.2) is 12.1 Å². The molecule has 0 radical (unpaired) electrons. The van der Waals surface area contributed by atoms with E-state index in [0.717, 1.165) is 16.6 Å². The summed E-state index contributed by atoms with van der Waals surface area (Å²) in [5, 5.41) is 1.27. The first-order chi connectivity index (χ1) is 10.6. The Morgan fingerprint density at radius 2 is 1.87 bits per heavy atom. The molecule has 23 heavy (non-hydrogen) atoms. The van der Waals surface area contributed by atoms with Crippen molar-refractivity contribution in [2.24, 2.45) is 0 Å². The highest BCUT2D eigenvalue weighted by molar-refractivity contribution is 9.10. The second-order valence-electron chi connectivity index (χ2n) is 5.59. The molecular formula is C18H20BrClN2O. The maximum absolute atomic E-state index is 5.21. The lowest BCUT2D eigenvalue weighted by atomic mass is 9.97. The van der Waals surface area contributed by atoms with Gasteiger partial charge in [0, 0.05) is 33.1 Å². The largest absolute Gasteiger partial charge is 1.00 e. The highest BCUT2D eigenvalue weighted by atomic mass is 79.9. The Morgan fingerprint density at radius 3 is 2.52 bits per heavy atom. The molecule has 5 heteroatoms. The minimum Gasteiger partial charge on any atom is -1.00 e. The summed E-state index contributed by atoms with van der Waals surface area (Å²) in [5.41, 5.74) is 9.31. The summed E-state index contributed by atoms with van der Waals surface area (Å²) in [6, 6.07) is 14.7. The van der Waals surface area contributed by atoms with Gasteiger partial charge in [-0.2, -0.15) is 0 Å². The van der Waals surface area contributed by atoms with Crippen molar-refractivity contribution in [2.45, 2.75) is 19.4 Å². The molecule has 1 heterocycles. The van der Waals surface area contributed by atoms with E-state index in [1.54, 1.807) is 7.11 Å². The molecule has 3 nitrogen and oxygen atoms in total. The molecule has 4 N–H and O–H groups in total. The molecule has 1 atom stereocenters. The van der Waals surface area contributed by atoms with Crippen molar-refractivity contribution in [1.82, 2.24) is 4.98 Å². The van der Waals surface area contributed by atoms with Crippen molar-refractivity contribution in [2.75, 3.05) is 7.11 Å². The quantitative estimate of drug-likeness (QED) is 0.674. The summed E-state index contributed by atoms with van der Waals surface area (Å²) < 4.78 is 6.32. The fourth-order valence-electron chi connectivity index (χ4n) is 2.86. The lowest BCUT2D eigenvalue weighted by Gasteiger charge is -2.10. The van der Waals surface area contributed by atoms with E-state index in [2.05, 4.69) is 63.9 Å². The van der Waals surface area contributed by atoms with Crippen LogP contribution >= 0.6 is 15.9 Å². The third-order valence-electron chi connectivity index (χ3n) is 4.12. The van der Waals surface area contributed by atoms with E-state index >= 15 is 0 Å². The van der Waals surface area contributed by atoms with Gasteiger partial charge < -0.3 is 27.9 Å². The summed E-state index contributed by atoms with van der Waals surface area (Å²) in [4.78, 5) is 3.46. The maximum Gasteiger partial charge on any atom is 0.118 e. The first-order valence-electron chi connectivity index (χ1n) is 7.32. The number of benzene rings is 2. The number of hydrogen-bond acceptors (Lipinski definition) is 1. The van der Waals surface area contributed by atoms with Crippen molar-refractivity contribution in [3.63, 3.8) is 0 Å². The Hall–Kier alpha value is -1.49. The number of hydrogen-bond donors (Lipinski definition) is 2. The second kappa shape index (κ2) is 7.39. The molecule has 1 aromatic heterocycles. The van der Waals surface area contributed by atoms with Crippen LogP contribution < -0.4 is 22.9 Å². The molecule has 0 saturated heterocycles. The van der Waals surface area contributed by atoms with Gasteiger partial charge in [0.05, 0.1) is 7.11 Å². The molecule has 0 fully saturated rings. The van der Waals surface area contributed by atoms with Gasteiger partial charge in [0.1, 0.15) is 11.8 Å². The minimum atomic E-state index is 0. The van der Waals surface area contributed by atoms with E-state index in [1.165, 1.54) is 27.7 Å². The van der Waals surface area contributed by atoms with Gasteiger partial charge in [0.25, 0.3) is 0 Å². The Labute approximate surface area is 150 Å². The molecule has 0 bridgehead atoms. The van der Waals surface area contributed by atoms with E-state index in [0.29, 0.717) is 0 Å². The third kappa shape index (κ3) is 3.71. The zero-order valence-corrected chi connectivity index (χ0v) is 15.5. The van der Waals surface area contributed by atoms with Crippen LogP contribution in [0.2, 0.25) is 0 Å². The van der Waals surface area contributed by atoms with E-state index in [9.17, 15) is 0 Å². The van der Waals surface area contributed by atoms with E-state index in [4.69, 9.17) is 4.74 Å². The van der Waals surface area contributed by atoms with Gasteiger partial charge in [0.2, 0.25) is 0 Å². The maximum atomic E-state index is 5.21. The van der Waals surface area contributed by atoms with Gasteiger partial charge in [-0.1, -0.05) is 15.9 Å². The zero-order chi connectivity index (χ0) is 15.7. The van der Waals surface area contributed by atoms with Gasteiger partial charge >= 0.3 is 0 Å². The number of aryl methyl sites for hydroxylation is 1. The average Bonchev–Trinajstić information content (AvgIpc) is 2.83. The lowest BCUT2D eigenvalue weighted by molar-refractivity contribution is -0.426. The van der Waals surface area contributed by atoms with Crippen LogP contribution in [0.4, 0.5) is 0 Å². The van der Waals surface area contributed by atoms with Crippen LogP contribution in [0.15, 0.2) is 46.9 Å². The molecule has 0 aliphatic heterocycles. The Morgan fingerprint density at radius 1 is 1.17 bits per heavy atom. The third-order valence-corrected chi connectivity index (χ3v) is 4.61. The van der Waals surface area contributed by atoms with Crippen molar-refractivity contribution < 1.29 is 22.9 Å². The summed E-state index contributed by atoms with van der Waals surface area (Å²) in [7, 11) is 1.68. The van der Waals surface area contributed by atoms with Crippen molar-refractivity contribution >= 4 is 26.8 Å². The number of methoxy groups -OCH3 is 1. The van der Waals surface area contributed by atoms with Crippen LogP contribution in [-0.2, 0) is 6.42 Å². The van der Waals surface area contributed by atoms with E-state index in [1.807, 2.05) is 12.1 Å². The molecule has 122 valence electrons. The molecular weight excluding hydrogens is 376 g/mol. The fraction of sp³-hybridized carbons (Fsp3) is 0.222. The van der Waals surface area contributed by atoms with E-state index in [-0.39, 0.29) is 18.4 Å². The SMILES string of the molecule is COc1ccc(C([NH3+])Cc2c(C)[nH]c3ccc(Br)cc23)cc1.[Cl-]. The van der Waals surface area contributed by atoms with Gasteiger partial charge in [-0.25, -0.2) is 0 Å². The van der Waals surface area contributed by atoms with Crippen LogP contribution in [0.5, 0.6) is 5.75 Å². The Kier molecular flexibility index (Phi) is 5.74. The predicted molar refractivity (Wildman–Crippen MR) is 93.1 cm³/mol. The highest BCUT2D eigenvalue weighted by Crippen LogP contribution is 2.28. The molecule has 0 spiro atoms. The topological polar surface area (TPSA) is 52.7 Å². The summed E-state index contributed by atoms with van der Waals surface area (Å²) in [5.74, 6) is 0.878. The Bertz CT molecular complexity index is 799. The summed E-state index contributed by atoms with van der Waals surface area (Å²) in [6.07, 6.45) is 0.911. The number of rotatable bonds is 4. The van der Waals surface area contributed by atoms with Crippen LogP contribution in [0.1, 0.15) is 22.9 Å². The molecule has 0 aliphatic carbocycles. The number of fused-ring (bicyclic) bond motifs is 1.